The minimum Gasteiger partial charge on any atom is -0.477 e. The first-order valence-electron chi connectivity index (χ1n) is 5.43. The van der Waals surface area contributed by atoms with Crippen molar-refractivity contribution in [2.24, 2.45) is 0 Å². The van der Waals surface area contributed by atoms with E-state index in [1.165, 1.54) is 12.1 Å². The first kappa shape index (κ1) is 15.5. The van der Waals surface area contributed by atoms with Crippen LogP contribution >= 0.6 is 11.3 Å². The number of amides is 1. The predicted octanol–water partition coefficient (Wildman–Crippen LogP) is 2.86. The van der Waals surface area contributed by atoms with Gasteiger partial charge in [-0.2, -0.15) is 13.2 Å². The molecule has 1 N–H and O–H groups in total. The molecule has 0 bridgehead atoms. The summed E-state index contributed by atoms with van der Waals surface area (Å²) in [5.74, 6) is -2.00. The molecule has 0 radical (unpaired) electrons. The highest BCUT2D eigenvalue weighted by atomic mass is 32.1. The Kier molecular flexibility index (Phi) is 4.93. The van der Waals surface area contributed by atoms with Gasteiger partial charge in [0.25, 0.3) is 5.91 Å². The zero-order valence-electron chi connectivity index (χ0n) is 10.0. The summed E-state index contributed by atoms with van der Waals surface area (Å²) in [6.07, 6.45) is -4.09. The third kappa shape index (κ3) is 4.55. The maximum absolute atomic E-state index is 12.4. The average molecular weight is 295 g/mol. The molecular formula is C11H12F3NO3S. The molecule has 4 nitrogen and oxygen atoms in total. The number of rotatable bonds is 5. The van der Waals surface area contributed by atoms with Gasteiger partial charge in [-0.15, -0.1) is 11.3 Å². The summed E-state index contributed by atoms with van der Waals surface area (Å²) in [7, 11) is 0. The molecule has 0 spiro atoms. The smallest absolute Gasteiger partial charge is 0.406 e. The first-order chi connectivity index (χ1) is 8.74. The number of hydrogen-bond donors (Lipinski definition) is 1. The zero-order chi connectivity index (χ0) is 14.6. The van der Waals surface area contributed by atoms with E-state index in [-0.39, 0.29) is 16.3 Å². The number of aromatic carboxylic acids is 1. The Morgan fingerprint density at radius 3 is 2.32 bits per heavy atom. The summed E-state index contributed by atoms with van der Waals surface area (Å²) < 4.78 is 37.1. The highest BCUT2D eigenvalue weighted by molar-refractivity contribution is 7.15. The van der Waals surface area contributed by atoms with E-state index in [2.05, 4.69) is 0 Å². The van der Waals surface area contributed by atoms with Gasteiger partial charge in [-0.1, -0.05) is 6.92 Å². The molecule has 0 aliphatic heterocycles. The minimum atomic E-state index is -4.47. The summed E-state index contributed by atoms with van der Waals surface area (Å²) in [6.45, 7) is 0.298. The molecule has 19 heavy (non-hydrogen) atoms. The number of thiophene rings is 1. The van der Waals surface area contributed by atoms with Crippen molar-refractivity contribution < 1.29 is 27.9 Å². The maximum Gasteiger partial charge on any atom is 0.406 e. The van der Waals surface area contributed by atoms with Gasteiger partial charge in [0.15, 0.2) is 0 Å². The highest BCUT2D eigenvalue weighted by Gasteiger charge is 2.33. The number of halogens is 3. The monoisotopic (exact) mass is 295 g/mol. The Balaban J connectivity index is 2.89. The van der Waals surface area contributed by atoms with Crippen LogP contribution in [0, 0.1) is 0 Å². The van der Waals surface area contributed by atoms with Crippen LogP contribution in [-0.4, -0.2) is 41.1 Å². The largest absolute Gasteiger partial charge is 0.477 e. The van der Waals surface area contributed by atoms with E-state index < -0.39 is 24.6 Å². The van der Waals surface area contributed by atoms with E-state index in [0.29, 0.717) is 22.7 Å². The van der Waals surface area contributed by atoms with Gasteiger partial charge in [0.2, 0.25) is 0 Å². The van der Waals surface area contributed by atoms with Crippen molar-refractivity contribution in [2.45, 2.75) is 19.5 Å². The van der Waals surface area contributed by atoms with Gasteiger partial charge in [-0.05, 0) is 18.6 Å². The maximum atomic E-state index is 12.4. The Morgan fingerprint density at radius 2 is 1.89 bits per heavy atom. The summed E-state index contributed by atoms with van der Waals surface area (Å²) in [5.41, 5.74) is 0. The molecule has 0 atom stereocenters. The lowest BCUT2D eigenvalue weighted by atomic mass is 10.3. The summed E-state index contributed by atoms with van der Waals surface area (Å²) >= 11 is 0.671. The third-order valence-corrected chi connectivity index (χ3v) is 3.24. The van der Waals surface area contributed by atoms with Gasteiger partial charge in [0, 0.05) is 6.54 Å². The van der Waals surface area contributed by atoms with Crippen LogP contribution in [0.3, 0.4) is 0 Å². The first-order valence-corrected chi connectivity index (χ1v) is 6.25. The predicted molar refractivity (Wildman–Crippen MR) is 63.5 cm³/mol. The van der Waals surface area contributed by atoms with Gasteiger partial charge >= 0.3 is 12.1 Å². The lowest BCUT2D eigenvalue weighted by molar-refractivity contribution is -0.140. The fourth-order valence-electron chi connectivity index (χ4n) is 1.46. The molecule has 1 aromatic rings. The van der Waals surface area contributed by atoms with E-state index in [1.54, 1.807) is 6.92 Å². The van der Waals surface area contributed by atoms with Crippen LogP contribution < -0.4 is 0 Å². The van der Waals surface area contributed by atoms with E-state index in [9.17, 15) is 22.8 Å². The Labute approximate surface area is 111 Å². The quantitative estimate of drug-likeness (QED) is 0.908. The molecule has 0 aliphatic rings. The van der Waals surface area contributed by atoms with Crippen LogP contribution in [0.1, 0.15) is 32.7 Å². The topological polar surface area (TPSA) is 57.6 Å². The van der Waals surface area contributed by atoms with Crippen molar-refractivity contribution >= 4 is 23.2 Å². The molecule has 0 saturated carbocycles. The van der Waals surface area contributed by atoms with Crippen molar-refractivity contribution in [3.63, 3.8) is 0 Å². The van der Waals surface area contributed by atoms with Gasteiger partial charge in [0.1, 0.15) is 11.4 Å². The Hall–Kier alpha value is -1.57. The van der Waals surface area contributed by atoms with Crippen molar-refractivity contribution in [2.75, 3.05) is 13.1 Å². The van der Waals surface area contributed by atoms with Crippen LogP contribution in [-0.2, 0) is 0 Å². The second-order valence-corrected chi connectivity index (χ2v) is 4.89. The second kappa shape index (κ2) is 6.05. The van der Waals surface area contributed by atoms with E-state index in [1.807, 2.05) is 0 Å². The standard InChI is InChI=1S/C11H12F3NO3S/c1-2-5-15(6-11(12,13)14)9(16)7-3-4-8(19-7)10(17)18/h3-4H,2,5-6H2,1H3,(H,17,18). The molecule has 0 fully saturated rings. The van der Waals surface area contributed by atoms with Gasteiger partial charge in [-0.3, -0.25) is 4.79 Å². The molecule has 106 valence electrons. The van der Waals surface area contributed by atoms with Crippen LogP contribution in [0.4, 0.5) is 13.2 Å². The van der Waals surface area contributed by atoms with Crippen LogP contribution in [0.15, 0.2) is 12.1 Å². The molecule has 0 saturated heterocycles. The lowest BCUT2D eigenvalue weighted by Crippen LogP contribution is -2.39. The van der Waals surface area contributed by atoms with Crippen molar-refractivity contribution in [3.05, 3.63) is 21.9 Å². The molecule has 0 aromatic carbocycles. The SMILES string of the molecule is CCCN(CC(F)(F)F)C(=O)c1ccc(C(=O)O)s1. The molecule has 1 amide bonds. The fourth-order valence-corrected chi connectivity index (χ4v) is 2.28. The van der Waals surface area contributed by atoms with Crippen LogP contribution in [0.5, 0.6) is 0 Å². The third-order valence-electron chi connectivity index (χ3n) is 2.18. The Morgan fingerprint density at radius 1 is 1.32 bits per heavy atom. The lowest BCUT2D eigenvalue weighted by Gasteiger charge is -2.22. The summed E-state index contributed by atoms with van der Waals surface area (Å²) in [4.78, 5) is 23.2. The van der Waals surface area contributed by atoms with Gasteiger partial charge in [0.05, 0.1) is 4.88 Å². The molecule has 0 unspecified atom stereocenters. The van der Waals surface area contributed by atoms with Gasteiger partial charge < -0.3 is 10.0 Å². The molecule has 1 rings (SSSR count). The normalized spacial score (nSPS) is 11.4. The van der Waals surface area contributed by atoms with Crippen LogP contribution in [0.25, 0.3) is 0 Å². The molecule has 0 aliphatic carbocycles. The molecule has 1 heterocycles. The number of hydrogen-bond acceptors (Lipinski definition) is 3. The molecule has 8 heteroatoms. The number of carbonyl (C=O) groups excluding carboxylic acids is 1. The number of nitrogens with zero attached hydrogens (tertiary/aromatic N) is 1. The minimum absolute atomic E-state index is 0.00454. The number of carboxylic acids is 1. The summed E-state index contributed by atoms with van der Waals surface area (Å²) in [6, 6.07) is 2.44. The van der Waals surface area contributed by atoms with Crippen molar-refractivity contribution in [3.8, 4) is 0 Å². The second-order valence-electron chi connectivity index (χ2n) is 3.81. The highest BCUT2D eigenvalue weighted by Crippen LogP contribution is 2.22. The number of carboxylic acid groups (broad SMARTS) is 1. The number of alkyl halides is 3. The molecule has 1 aromatic heterocycles. The summed E-state index contributed by atoms with van der Waals surface area (Å²) in [5, 5.41) is 8.71. The van der Waals surface area contributed by atoms with E-state index in [0.717, 1.165) is 0 Å². The van der Waals surface area contributed by atoms with Gasteiger partial charge in [-0.25, -0.2) is 4.79 Å². The fraction of sp³-hybridized carbons (Fsp3) is 0.455. The average Bonchev–Trinajstić information content (AvgIpc) is 2.75. The molecular weight excluding hydrogens is 283 g/mol. The Bertz CT molecular complexity index is 470. The van der Waals surface area contributed by atoms with Crippen molar-refractivity contribution in [1.82, 2.24) is 4.90 Å². The van der Waals surface area contributed by atoms with E-state index in [4.69, 9.17) is 5.11 Å². The zero-order valence-corrected chi connectivity index (χ0v) is 10.8. The van der Waals surface area contributed by atoms with Crippen molar-refractivity contribution in [1.29, 1.82) is 0 Å². The van der Waals surface area contributed by atoms with E-state index >= 15 is 0 Å². The number of carbonyl (C=O) groups is 2. The van der Waals surface area contributed by atoms with Crippen LogP contribution in [0.2, 0.25) is 0 Å².